The molecule has 0 aromatic heterocycles. The zero-order valence-corrected chi connectivity index (χ0v) is 10.5. The molecule has 1 aromatic rings. The average molecular weight is 254 g/mol. The molecule has 5 heteroatoms. The number of benzene rings is 1. The number of carboxylic acids is 1. The summed E-state index contributed by atoms with van der Waals surface area (Å²) in [5.74, 6) is -1.76. The van der Waals surface area contributed by atoms with E-state index in [9.17, 15) is 14.0 Å². The second kappa shape index (κ2) is 5.16. The molecule has 1 aromatic carbocycles. The number of ketones is 1. The first kappa shape index (κ1) is 14.2. The van der Waals surface area contributed by atoms with Crippen LogP contribution >= 0.6 is 0 Å². The van der Waals surface area contributed by atoms with Crippen molar-refractivity contribution in [1.82, 2.24) is 0 Å². The normalized spacial score (nSPS) is 11.1. The van der Waals surface area contributed by atoms with Crippen LogP contribution in [0.1, 0.15) is 31.1 Å². The number of rotatable bonds is 5. The van der Waals surface area contributed by atoms with E-state index >= 15 is 0 Å². The molecule has 0 aliphatic rings. The van der Waals surface area contributed by atoms with Crippen LogP contribution in [0.5, 0.6) is 5.75 Å². The van der Waals surface area contributed by atoms with Crippen LogP contribution in [0.2, 0.25) is 0 Å². The second-order valence-corrected chi connectivity index (χ2v) is 4.67. The molecule has 4 nitrogen and oxygen atoms in total. The van der Waals surface area contributed by atoms with Gasteiger partial charge in [0.1, 0.15) is 18.2 Å². The largest absolute Gasteiger partial charge is 0.492 e. The lowest BCUT2D eigenvalue weighted by Gasteiger charge is -2.20. The number of carbonyl (C=O) groups excluding carboxylic acids is 1. The van der Waals surface area contributed by atoms with Crippen molar-refractivity contribution in [1.29, 1.82) is 0 Å². The highest BCUT2D eigenvalue weighted by atomic mass is 19.1. The number of ether oxygens (including phenoxy) is 1. The van der Waals surface area contributed by atoms with Crippen molar-refractivity contribution >= 4 is 11.8 Å². The maximum Gasteiger partial charge on any atom is 0.312 e. The third kappa shape index (κ3) is 3.29. The first-order chi connectivity index (χ1) is 8.24. The van der Waals surface area contributed by atoms with Crippen molar-refractivity contribution in [2.75, 3.05) is 6.61 Å². The molecule has 0 saturated carbocycles. The Morgan fingerprint density at radius 2 is 2.00 bits per heavy atom. The Kier molecular flexibility index (Phi) is 4.06. The quantitative estimate of drug-likeness (QED) is 0.820. The first-order valence-electron chi connectivity index (χ1n) is 5.41. The average Bonchev–Trinajstić information content (AvgIpc) is 2.26. The molecular weight excluding hydrogens is 239 g/mol. The van der Waals surface area contributed by atoms with E-state index < -0.39 is 17.2 Å². The topological polar surface area (TPSA) is 63.6 Å². The lowest BCUT2D eigenvalue weighted by Crippen LogP contribution is -2.31. The third-order valence-corrected chi connectivity index (χ3v) is 2.49. The van der Waals surface area contributed by atoms with E-state index in [0.29, 0.717) is 0 Å². The van der Waals surface area contributed by atoms with Crippen LogP contribution < -0.4 is 4.74 Å². The molecule has 98 valence electrons. The Hall–Kier alpha value is -1.91. The van der Waals surface area contributed by atoms with Crippen LogP contribution in [0, 0.1) is 11.2 Å². The van der Waals surface area contributed by atoms with E-state index in [-0.39, 0.29) is 23.7 Å². The van der Waals surface area contributed by atoms with E-state index in [2.05, 4.69) is 0 Å². The minimum absolute atomic E-state index is 0.0665. The van der Waals surface area contributed by atoms with Gasteiger partial charge in [-0.15, -0.1) is 0 Å². The molecule has 0 unspecified atom stereocenters. The van der Waals surface area contributed by atoms with Crippen LogP contribution in [0.25, 0.3) is 0 Å². The molecule has 0 saturated heterocycles. The first-order valence-corrected chi connectivity index (χ1v) is 5.41. The van der Waals surface area contributed by atoms with Gasteiger partial charge in [-0.2, -0.15) is 0 Å². The summed E-state index contributed by atoms with van der Waals surface area (Å²) < 4.78 is 18.3. The lowest BCUT2D eigenvalue weighted by molar-refractivity contribution is -0.148. The molecule has 0 heterocycles. The predicted octanol–water partition coefficient (Wildman–Crippen LogP) is 2.52. The maximum atomic E-state index is 13.1. The molecule has 0 atom stereocenters. The Balaban J connectivity index is 2.94. The third-order valence-electron chi connectivity index (χ3n) is 2.49. The summed E-state index contributed by atoms with van der Waals surface area (Å²) in [6, 6.07) is 3.56. The molecular formula is C13H15FO4. The Morgan fingerprint density at radius 1 is 1.39 bits per heavy atom. The number of Topliss-reactive ketones (excluding diaryl/α,β-unsaturated/α-hetero) is 1. The summed E-state index contributed by atoms with van der Waals surface area (Å²) in [7, 11) is 0. The van der Waals surface area contributed by atoms with Crippen molar-refractivity contribution in [2.45, 2.75) is 20.8 Å². The highest BCUT2D eigenvalue weighted by Crippen LogP contribution is 2.24. The number of carboxylic acid groups (broad SMARTS) is 1. The molecule has 0 bridgehead atoms. The van der Waals surface area contributed by atoms with Crippen LogP contribution in [0.4, 0.5) is 4.39 Å². The number of hydrogen-bond acceptors (Lipinski definition) is 3. The molecule has 0 radical (unpaired) electrons. The highest BCUT2D eigenvalue weighted by Gasteiger charge is 2.28. The summed E-state index contributed by atoms with van der Waals surface area (Å²) in [6.07, 6.45) is 0. The van der Waals surface area contributed by atoms with E-state index in [4.69, 9.17) is 9.84 Å². The van der Waals surface area contributed by atoms with Crippen molar-refractivity contribution in [3.8, 4) is 5.75 Å². The van der Waals surface area contributed by atoms with Crippen molar-refractivity contribution in [3.63, 3.8) is 0 Å². The van der Waals surface area contributed by atoms with Crippen molar-refractivity contribution in [2.24, 2.45) is 5.41 Å². The summed E-state index contributed by atoms with van der Waals surface area (Å²) in [5, 5.41) is 8.93. The van der Waals surface area contributed by atoms with Crippen molar-refractivity contribution < 1.29 is 23.8 Å². The fraction of sp³-hybridized carbons (Fsp3) is 0.385. The van der Waals surface area contributed by atoms with E-state index in [1.165, 1.54) is 26.8 Å². The summed E-state index contributed by atoms with van der Waals surface area (Å²) in [6.45, 7) is 4.17. The molecule has 1 rings (SSSR count). The summed E-state index contributed by atoms with van der Waals surface area (Å²) in [5.41, 5.74) is -0.877. The lowest BCUT2D eigenvalue weighted by atomic mass is 9.95. The highest BCUT2D eigenvalue weighted by molar-refractivity contribution is 5.96. The van der Waals surface area contributed by atoms with E-state index in [0.717, 1.165) is 12.1 Å². The molecule has 0 aliphatic carbocycles. The minimum Gasteiger partial charge on any atom is -0.492 e. The van der Waals surface area contributed by atoms with Crippen LogP contribution in [-0.2, 0) is 4.79 Å². The van der Waals surface area contributed by atoms with Gasteiger partial charge >= 0.3 is 5.97 Å². The summed E-state index contributed by atoms with van der Waals surface area (Å²) in [4.78, 5) is 22.2. The zero-order chi connectivity index (χ0) is 13.9. The Bertz CT molecular complexity index is 480. The van der Waals surface area contributed by atoms with Gasteiger partial charge in [0.15, 0.2) is 5.78 Å². The van der Waals surface area contributed by atoms with Gasteiger partial charge in [0.25, 0.3) is 0 Å². The Morgan fingerprint density at radius 3 is 2.50 bits per heavy atom. The van der Waals surface area contributed by atoms with E-state index in [1.807, 2.05) is 0 Å². The fourth-order valence-electron chi connectivity index (χ4n) is 1.23. The van der Waals surface area contributed by atoms with E-state index in [1.54, 1.807) is 0 Å². The van der Waals surface area contributed by atoms with Gasteiger partial charge in [-0.05, 0) is 32.9 Å². The van der Waals surface area contributed by atoms with Crippen LogP contribution in [0.15, 0.2) is 18.2 Å². The van der Waals surface area contributed by atoms with Gasteiger partial charge in [0.05, 0.1) is 11.0 Å². The molecule has 0 spiro atoms. The Labute approximate surface area is 104 Å². The molecule has 0 amide bonds. The maximum absolute atomic E-state index is 13.1. The molecule has 18 heavy (non-hydrogen) atoms. The standard InChI is InChI=1S/C13H15FO4/c1-8(15)10-5-4-9(14)6-11(10)18-7-13(2,3)12(16)17/h4-6H,7H2,1-3H3,(H,16,17). The van der Waals surface area contributed by atoms with Gasteiger partial charge in [-0.25, -0.2) is 4.39 Å². The molecule has 0 aliphatic heterocycles. The number of aliphatic carboxylic acids is 1. The van der Waals surface area contributed by atoms with Gasteiger partial charge < -0.3 is 9.84 Å². The van der Waals surface area contributed by atoms with Gasteiger partial charge in [0.2, 0.25) is 0 Å². The smallest absolute Gasteiger partial charge is 0.312 e. The van der Waals surface area contributed by atoms with Crippen LogP contribution in [0.3, 0.4) is 0 Å². The SMILES string of the molecule is CC(=O)c1ccc(F)cc1OCC(C)(C)C(=O)O. The summed E-state index contributed by atoms with van der Waals surface area (Å²) >= 11 is 0. The second-order valence-electron chi connectivity index (χ2n) is 4.67. The number of carbonyl (C=O) groups is 2. The van der Waals surface area contributed by atoms with Crippen molar-refractivity contribution in [3.05, 3.63) is 29.6 Å². The predicted molar refractivity (Wildman–Crippen MR) is 63.3 cm³/mol. The molecule has 0 fully saturated rings. The number of halogens is 1. The fourth-order valence-corrected chi connectivity index (χ4v) is 1.23. The van der Waals surface area contributed by atoms with Gasteiger partial charge in [-0.3, -0.25) is 9.59 Å². The van der Waals surface area contributed by atoms with Gasteiger partial charge in [-0.1, -0.05) is 0 Å². The van der Waals surface area contributed by atoms with Gasteiger partial charge in [0, 0.05) is 6.07 Å². The monoisotopic (exact) mass is 254 g/mol. The minimum atomic E-state index is -1.11. The zero-order valence-electron chi connectivity index (χ0n) is 10.5. The van der Waals surface area contributed by atoms with Crippen LogP contribution in [-0.4, -0.2) is 23.5 Å². The number of hydrogen-bond donors (Lipinski definition) is 1. The molecule has 1 N–H and O–H groups in total.